The monoisotopic (exact) mass is 418 g/mol. The van der Waals surface area contributed by atoms with Crippen LogP contribution in [0.15, 0.2) is 41.4 Å². The van der Waals surface area contributed by atoms with Crippen LogP contribution in [-0.4, -0.2) is 46.4 Å². The van der Waals surface area contributed by atoms with Crippen molar-refractivity contribution in [1.29, 1.82) is 0 Å². The zero-order chi connectivity index (χ0) is 21.5. The van der Waals surface area contributed by atoms with Crippen molar-refractivity contribution in [2.75, 3.05) is 50.6 Å². The number of aliphatic imine (C=N–C) groups is 1. The summed E-state index contributed by atoms with van der Waals surface area (Å²) in [5.41, 5.74) is 1.54. The van der Waals surface area contributed by atoms with Gasteiger partial charge in [-0.05, 0) is 43.5 Å². The highest BCUT2D eigenvalue weighted by Gasteiger charge is 2.23. The summed E-state index contributed by atoms with van der Waals surface area (Å²) in [5.74, 6) is 0.717. The maximum atomic E-state index is 13.5. The average Bonchev–Trinajstić information content (AvgIpc) is 3.22. The number of methoxy groups -OCH3 is 1. The minimum atomic E-state index is -0.822. The second kappa shape index (κ2) is 10.1. The molecule has 30 heavy (non-hydrogen) atoms. The fourth-order valence-corrected chi connectivity index (χ4v) is 3.50. The van der Waals surface area contributed by atoms with Gasteiger partial charge in [-0.1, -0.05) is 0 Å². The molecule has 1 aliphatic rings. The van der Waals surface area contributed by atoms with E-state index < -0.39 is 11.6 Å². The normalized spacial score (nSPS) is 16.5. The number of benzene rings is 2. The zero-order valence-electron chi connectivity index (χ0n) is 17.5. The molecule has 1 aliphatic heterocycles. The first-order chi connectivity index (χ1) is 14.5. The van der Waals surface area contributed by atoms with E-state index in [1.165, 1.54) is 12.1 Å². The van der Waals surface area contributed by atoms with E-state index in [1.807, 2.05) is 25.1 Å². The van der Waals surface area contributed by atoms with Gasteiger partial charge in [0.15, 0.2) is 29.1 Å². The molecule has 0 amide bonds. The molecule has 1 atom stereocenters. The summed E-state index contributed by atoms with van der Waals surface area (Å²) < 4.78 is 37.6. The number of rotatable bonds is 7. The first-order valence-corrected chi connectivity index (χ1v) is 10.0. The van der Waals surface area contributed by atoms with Crippen molar-refractivity contribution in [1.82, 2.24) is 5.32 Å². The third-order valence-electron chi connectivity index (χ3n) is 5.06. The molecular weight excluding hydrogens is 390 g/mol. The third-order valence-corrected chi connectivity index (χ3v) is 5.06. The lowest BCUT2D eigenvalue weighted by atomic mass is 10.1. The lowest BCUT2D eigenvalue weighted by Crippen LogP contribution is -2.35. The van der Waals surface area contributed by atoms with Gasteiger partial charge in [-0.15, -0.1) is 0 Å². The Kier molecular flexibility index (Phi) is 7.32. The van der Waals surface area contributed by atoms with E-state index in [-0.39, 0.29) is 0 Å². The average molecular weight is 418 g/mol. The lowest BCUT2D eigenvalue weighted by Gasteiger charge is -2.20. The number of ether oxygens (including phenoxy) is 2. The van der Waals surface area contributed by atoms with Crippen LogP contribution in [0.5, 0.6) is 11.5 Å². The van der Waals surface area contributed by atoms with E-state index in [2.05, 4.69) is 20.5 Å². The van der Waals surface area contributed by atoms with Crippen LogP contribution in [0.4, 0.5) is 20.2 Å². The molecule has 8 heteroatoms. The molecule has 0 aromatic heterocycles. The number of halogens is 2. The highest BCUT2D eigenvalue weighted by Crippen LogP contribution is 2.30. The molecule has 0 saturated carbocycles. The quantitative estimate of drug-likeness (QED) is 0.528. The van der Waals surface area contributed by atoms with Crippen molar-refractivity contribution in [3.8, 4) is 11.5 Å². The standard InChI is InChI=1S/C22H28F2N4O2/c1-4-30-21-11-16(5-8-20(21)29-3)27-22(25-2)26-13-15-9-10-28(14-15)17-6-7-18(23)19(24)12-17/h5-8,11-12,15H,4,9-10,13-14H2,1-3H3,(H2,25,26,27). The van der Waals surface area contributed by atoms with Crippen LogP contribution in [-0.2, 0) is 0 Å². The van der Waals surface area contributed by atoms with E-state index in [1.54, 1.807) is 20.2 Å². The second-order valence-electron chi connectivity index (χ2n) is 7.08. The Morgan fingerprint density at radius 1 is 1.17 bits per heavy atom. The van der Waals surface area contributed by atoms with Crippen LogP contribution in [0.2, 0.25) is 0 Å². The van der Waals surface area contributed by atoms with Gasteiger partial charge < -0.3 is 25.0 Å². The summed E-state index contributed by atoms with van der Waals surface area (Å²) in [6, 6.07) is 9.66. The van der Waals surface area contributed by atoms with Gasteiger partial charge >= 0.3 is 0 Å². The highest BCUT2D eigenvalue weighted by atomic mass is 19.2. The van der Waals surface area contributed by atoms with Gasteiger partial charge in [0.05, 0.1) is 13.7 Å². The molecule has 6 nitrogen and oxygen atoms in total. The summed E-state index contributed by atoms with van der Waals surface area (Å²) in [7, 11) is 3.32. The first-order valence-electron chi connectivity index (χ1n) is 10.0. The van der Waals surface area contributed by atoms with E-state index in [9.17, 15) is 8.78 Å². The molecule has 1 unspecified atom stereocenters. The maximum Gasteiger partial charge on any atom is 0.195 e. The first kappa shape index (κ1) is 21.7. The van der Waals surface area contributed by atoms with Gasteiger partial charge in [-0.2, -0.15) is 0 Å². The van der Waals surface area contributed by atoms with Crippen LogP contribution in [0.3, 0.4) is 0 Å². The summed E-state index contributed by atoms with van der Waals surface area (Å²) >= 11 is 0. The zero-order valence-corrected chi connectivity index (χ0v) is 17.5. The summed E-state index contributed by atoms with van der Waals surface area (Å²) in [6.07, 6.45) is 0.958. The number of nitrogens with one attached hydrogen (secondary N) is 2. The van der Waals surface area contributed by atoms with Gasteiger partial charge in [-0.3, -0.25) is 4.99 Å². The van der Waals surface area contributed by atoms with Crippen molar-refractivity contribution >= 4 is 17.3 Å². The van der Waals surface area contributed by atoms with Crippen LogP contribution in [0, 0.1) is 17.6 Å². The van der Waals surface area contributed by atoms with E-state index >= 15 is 0 Å². The number of nitrogens with zero attached hydrogens (tertiary/aromatic N) is 2. The highest BCUT2D eigenvalue weighted by molar-refractivity contribution is 5.93. The van der Waals surface area contributed by atoms with Crippen LogP contribution < -0.4 is 25.0 Å². The number of hydrogen-bond acceptors (Lipinski definition) is 4. The molecule has 3 rings (SSSR count). The van der Waals surface area contributed by atoms with Gasteiger partial charge in [0.2, 0.25) is 0 Å². The van der Waals surface area contributed by atoms with Crippen LogP contribution in [0.25, 0.3) is 0 Å². The molecule has 1 heterocycles. The molecule has 0 aliphatic carbocycles. The maximum absolute atomic E-state index is 13.5. The van der Waals surface area contributed by atoms with Crippen LogP contribution >= 0.6 is 0 Å². The van der Waals surface area contributed by atoms with E-state index in [0.29, 0.717) is 42.2 Å². The Labute approximate surface area is 175 Å². The summed E-state index contributed by atoms with van der Waals surface area (Å²) in [6.45, 7) is 4.76. The molecule has 2 aromatic carbocycles. The Hall–Kier alpha value is -3.03. The molecule has 1 fully saturated rings. The molecule has 0 bridgehead atoms. The Morgan fingerprint density at radius 3 is 2.70 bits per heavy atom. The number of hydrogen-bond donors (Lipinski definition) is 2. The Bertz CT molecular complexity index is 891. The van der Waals surface area contributed by atoms with E-state index in [4.69, 9.17) is 9.47 Å². The molecule has 0 radical (unpaired) electrons. The SMILES string of the molecule is CCOc1cc(NC(=NC)NCC2CCN(c3ccc(F)c(F)c3)C2)ccc1OC. The van der Waals surface area contributed by atoms with Gasteiger partial charge in [0.1, 0.15) is 0 Å². The minimum Gasteiger partial charge on any atom is -0.493 e. The Morgan fingerprint density at radius 2 is 2.00 bits per heavy atom. The number of anilines is 2. The van der Waals surface area contributed by atoms with Gasteiger partial charge in [0.25, 0.3) is 0 Å². The van der Waals surface area contributed by atoms with Gasteiger partial charge in [0, 0.05) is 50.2 Å². The molecular formula is C22H28F2N4O2. The lowest BCUT2D eigenvalue weighted by molar-refractivity contribution is 0.311. The molecule has 2 aromatic rings. The predicted octanol–water partition coefficient (Wildman–Crippen LogP) is 3.89. The van der Waals surface area contributed by atoms with Crippen molar-refractivity contribution in [3.63, 3.8) is 0 Å². The Balaban J connectivity index is 1.55. The third kappa shape index (κ3) is 5.31. The van der Waals surface area contributed by atoms with E-state index in [0.717, 1.165) is 25.2 Å². The van der Waals surface area contributed by atoms with Crippen molar-refractivity contribution < 1.29 is 18.3 Å². The topological polar surface area (TPSA) is 58.1 Å². The molecule has 1 saturated heterocycles. The summed E-state index contributed by atoms with van der Waals surface area (Å²) in [5, 5.41) is 6.60. The minimum absolute atomic E-state index is 0.367. The number of guanidine groups is 1. The second-order valence-corrected chi connectivity index (χ2v) is 7.08. The largest absolute Gasteiger partial charge is 0.493 e. The van der Waals surface area contributed by atoms with Crippen LogP contribution in [0.1, 0.15) is 13.3 Å². The summed E-state index contributed by atoms with van der Waals surface area (Å²) in [4.78, 5) is 6.35. The van der Waals surface area contributed by atoms with Gasteiger partial charge in [-0.25, -0.2) is 8.78 Å². The predicted molar refractivity (Wildman–Crippen MR) is 116 cm³/mol. The molecule has 162 valence electrons. The fourth-order valence-electron chi connectivity index (χ4n) is 3.50. The van der Waals surface area contributed by atoms with Crippen molar-refractivity contribution in [2.45, 2.75) is 13.3 Å². The van der Waals surface area contributed by atoms with Crippen molar-refractivity contribution in [3.05, 3.63) is 48.0 Å². The smallest absolute Gasteiger partial charge is 0.195 e. The molecule has 2 N–H and O–H groups in total. The molecule has 0 spiro atoms. The fraction of sp³-hybridized carbons (Fsp3) is 0.409. The van der Waals surface area contributed by atoms with Crippen molar-refractivity contribution in [2.24, 2.45) is 10.9 Å².